The van der Waals surface area contributed by atoms with E-state index in [9.17, 15) is 0 Å². The Bertz CT molecular complexity index is 388. The predicted octanol–water partition coefficient (Wildman–Crippen LogP) is 1.16. The lowest BCUT2D eigenvalue weighted by molar-refractivity contribution is 1.13. The van der Waals surface area contributed by atoms with Gasteiger partial charge in [-0.05, 0) is 25.1 Å². The van der Waals surface area contributed by atoms with Crippen LogP contribution >= 0.6 is 0 Å². The zero-order valence-corrected chi connectivity index (χ0v) is 7.54. The quantitative estimate of drug-likeness (QED) is 0.599. The Balaban J connectivity index is 3.52. The fourth-order valence-corrected chi connectivity index (χ4v) is 1.09. The molecule has 0 aliphatic rings. The number of hydrogen-bond donors (Lipinski definition) is 0. The Morgan fingerprint density at radius 1 is 1.42 bits per heavy atom. The number of allylic oxidation sites excluding steroid dienone is 1. The molecule has 62 valence electrons. The molecule has 0 aromatic carbocycles. The highest BCUT2D eigenvalue weighted by atomic mass is 14.7. The maximum absolute atomic E-state index is 4.38. The number of rotatable bonds is 1. The zero-order valence-electron chi connectivity index (χ0n) is 7.54. The molecule has 0 N–H and O–H groups in total. The summed E-state index contributed by atoms with van der Waals surface area (Å²) < 4.78 is 0. The molecule has 1 heterocycles. The summed E-state index contributed by atoms with van der Waals surface area (Å²) in [7, 11) is 0. The van der Waals surface area contributed by atoms with Crippen molar-refractivity contribution in [1.82, 2.24) is 4.98 Å². The molecule has 0 radical (unpaired) electrons. The van der Waals surface area contributed by atoms with Gasteiger partial charge in [-0.2, -0.15) is 0 Å². The van der Waals surface area contributed by atoms with Crippen LogP contribution in [0.1, 0.15) is 12.6 Å². The molecule has 1 nitrogen and oxygen atoms in total. The molecule has 0 spiro atoms. The van der Waals surface area contributed by atoms with E-state index in [1.54, 1.807) is 6.08 Å². The highest BCUT2D eigenvalue weighted by Crippen LogP contribution is 1.80. The first-order chi connectivity index (χ1) is 5.77. The van der Waals surface area contributed by atoms with Gasteiger partial charge in [0, 0.05) is 5.69 Å². The predicted molar refractivity (Wildman–Crippen MR) is 53.0 cm³/mol. The summed E-state index contributed by atoms with van der Waals surface area (Å²) in [5.74, 6) is 0. The summed E-state index contributed by atoms with van der Waals surface area (Å²) in [5.41, 5.74) is 1.05. The largest absolute Gasteiger partial charge is 0.253 e. The molecule has 1 aromatic rings. The maximum Gasteiger partial charge on any atom is 0.0662 e. The number of nitrogens with zero attached hydrogens (tertiary/aromatic N) is 1. The molecular formula is C11H13N. The normalized spacial score (nSPS) is 13.5. The Hall–Kier alpha value is -1.37. The lowest BCUT2D eigenvalue weighted by Crippen LogP contribution is -2.27. The Morgan fingerprint density at radius 3 is 2.75 bits per heavy atom. The van der Waals surface area contributed by atoms with E-state index in [1.165, 1.54) is 0 Å². The van der Waals surface area contributed by atoms with E-state index in [2.05, 4.69) is 17.6 Å². The molecule has 1 heteroatoms. The fourth-order valence-electron chi connectivity index (χ4n) is 1.09. The molecule has 0 aliphatic heterocycles. The number of aryl methyl sites for hydroxylation is 1. The van der Waals surface area contributed by atoms with Crippen molar-refractivity contribution in [3.05, 3.63) is 41.0 Å². The van der Waals surface area contributed by atoms with Gasteiger partial charge in [0.05, 0.1) is 5.35 Å². The minimum Gasteiger partial charge on any atom is -0.253 e. The van der Waals surface area contributed by atoms with Gasteiger partial charge in [0.25, 0.3) is 0 Å². The van der Waals surface area contributed by atoms with Gasteiger partial charge >= 0.3 is 0 Å². The molecule has 0 fully saturated rings. The summed E-state index contributed by atoms with van der Waals surface area (Å²) in [5, 5.41) is 2.15. The lowest BCUT2D eigenvalue weighted by atomic mass is 10.3. The van der Waals surface area contributed by atoms with Gasteiger partial charge in [-0.1, -0.05) is 30.9 Å². The maximum atomic E-state index is 4.38. The summed E-state index contributed by atoms with van der Waals surface area (Å²) in [6.07, 6.45) is 5.74. The minimum absolute atomic E-state index is 1.02. The summed E-state index contributed by atoms with van der Waals surface area (Å²) in [4.78, 5) is 4.38. The minimum atomic E-state index is 1.02. The second-order valence-electron chi connectivity index (χ2n) is 2.62. The molecule has 1 aromatic heterocycles. The van der Waals surface area contributed by atoms with E-state index < -0.39 is 0 Å². The van der Waals surface area contributed by atoms with Crippen LogP contribution in [0, 0.1) is 6.92 Å². The highest BCUT2D eigenvalue weighted by molar-refractivity contribution is 5.36. The van der Waals surface area contributed by atoms with Gasteiger partial charge in [-0.25, -0.2) is 0 Å². The lowest BCUT2D eigenvalue weighted by Gasteiger charge is -1.91. The van der Waals surface area contributed by atoms with Gasteiger partial charge in [0.1, 0.15) is 0 Å². The average Bonchev–Trinajstić information content (AvgIpc) is 2.08. The summed E-state index contributed by atoms with van der Waals surface area (Å²) in [6, 6.07) is 4.06. The van der Waals surface area contributed by atoms with Crippen molar-refractivity contribution in [2.75, 3.05) is 0 Å². The van der Waals surface area contributed by atoms with Crippen LogP contribution in [0.3, 0.4) is 0 Å². The first-order valence-electron chi connectivity index (χ1n) is 4.00. The van der Waals surface area contributed by atoms with Gasteiger partial charge in [0.15, 0.2) is 0 Å². The van der Waals surface area contributed by atoms with Crippen molar-refractivity contribution < 1.29 is 0 Å². The van der Waals surface area contributed by atoms with Gasteiger partial charge in [-0.3, -0.25) is 4.98 Å². The third-order valence-electron chi connectivity index (χ3n) is 1.67. The smallest absolute Gasteiger partial charge is 0.0662 e. The zero-order chi connectivity index (χ0) is 8.97. The molecule has 0 saturated carbocycles. The first kappa shape index (κ1) is 8.72. The van der Waals surface area contributed by atoms with Crippen molar-refractivity contribution in [3.63, 3.8) is 0 Å². The monoisotopic (exact) mass is 159 g/mol. The second kappa shape index (κ2) is 3.86. The number of aromatic nitrogens is 1. The molecule has 1 rings (SSSR count). The van der Waals surface area contributed by atoms with Crippen LogP contribution in [-0.4, -0.2) is 4.98 Å². The van der Waals surface area contributed by atoms with Crippen molar-refractivity contribution in [1.29, 1.82) is 0 Å². The van der Waals surface area contributed by atoms with Crippen LogP contribution in [0.4, 0.5) is 0 Å². The molecule has 0 bridgehead atoms. The van der Waals surface area contributed by atoms with Crippen LogP contribution in [0.15, 0.2) is 24.8 Å². The average molecular weight is 159 g/mol. The fraction of sp³-hybridized carbons (Fsp3) is 0.182. The van der Waals surface area contributed by atoms with Crippen LogP contribution in [0.25, 0.3) is 12.2 Å². The van der Waals surface area contributed by atoms with Crippen molar-refractivity contribution in [2.24, 2.45) is 0 Å². The van der Waals surface area contributed by atoms with E-state index in [4.69, 9.17) is 0 Å². The topological polar surface area (TPSA) is 12.9 Å². The van der Waals surface area contributed by atoms with E-state index in [0.717, 1.165) is 16.3 Å². The van der Waals surface area contributed by atoms with Gasteiger partial charge in [0.2, 0.25) is 0 Å². The summed E-state index contributed by atoms with van der Waals surface area (Å²) >= 11 is 0. The molecular weight excluding hydrogens is 146 g/mol. The van der Waals surface area contributed by atoms with Crippen molar-refractivity contribution in [2.45, 2.75) is 13.8 Å². The first-order valence-corrected chi connectivity index (χ1v) is 4.00. The second-order valence-corrected chi connectivity index (χ2v) is 2.62. The number of hydrogen-bond acceptors (Lipinski definition) is 1. The van der Waals surface area contributed by atoms with E-state index in [1.807, 2.05) is 32.1 Å². The molecule has 0 atom stereocenters. The SMILES string of the molecule is C=C/C=c1/ccc(C)n/c1=C/C. The van der Waals surface area contributed by atoms with Crippen LogP contribution in [0.2, 0.25) is 0 Å². The standard InChI is InChI=1S/C11H13N/c1-4-6-10-8-7-9(3)12-11(10)5-2/h4-8H,1H2,2-3H3/b10-6-,11-5+. The third kappa shape index (κ3) is 1.82. The molecule has 12 heavy (non-hydrogen) atoms. The number of pyridine rings is 1. The Labute approximate surface area is 72.8 Å². The molecule has 0 saturated heterocycles. The van der Waals surface area contributed by atoms with Crippen molar-refractivity contribution in [3.8, 4) is 0 Å². The van der Waals surface area contributed by atoms with E-state index >= 15 is 0 Å². The van der Waals surface area contributed by atoms with Crippen molar-refractivity contribution >= 4 is 12.2 Å². The molecule has 0 unspecified atom stereocenters. The molecule has 0 amide bonds. The van der Waals surface area contributed by atoms with Gasteiger partial charge in [-0.15, -0.1) is 0 Å². The Kier molecular flexibility index (Phi) is 2.81. The third-order valence-corrected chi connectivity index (χ3v) is 1.67. The van der Waals surface area contributed by atoms with Gasteiger partial charge < -0.3 is 0 Å². The van der Waals surface area contributed by atoms with Crippen LogP contribution in [0.5, 0.6) is 0 Å². The van der Waals surface area contributed by atoms with E-state index in [0.29, 0.717) is 0 Å². The summed E-state index contributed by atoms with van der Waals surface area (Å²) in [6.45, 7) is 7.64. The molecule has 0 aliphatic carbocycles. The Morgan fingerprint density at radius 2 is 2.17 bits per heavy atom. The van der Waals surface area contributed by atoms with E-state index in [-0.39, 0.29) is 0 Å². The van der Waals surface area contributed by atoms with Crippen LogP contribution in [-0.2, 0) is 0 Å². The van der Waals surface area contributed by atoms with Crippen LogP contribution < -0.4 is 10.6 Å². The highest BCUT2D eigenvalue weighted by Gasteiger charge is 1.85.